The van der Waals surface area contributed by atoms with E-state index in [1.54, 1.807) is 0 Å². The molecule has 0 aliphatic carbocycles. The molecule has 2 amide bonds. The summed E-state index contributed by atoms with van der Waals surface area (Å²) in [5.74, 6) is -1.80. The van der Waals surface area contributed by atoms with Crippen LogP contribution in [-0.4, -0.2) is 36.4 Å². The molecule has 1 aliphatic heterocycles. The van der Waals surface area contributed by atoms with Gasteiger partial charge in [0.25, 0.3) is 0 Å². The Kier molecular flexibility index (Phi) is 5.16. The molecule has 1 fully saturated rings. The highest BCUT2D eigenvalue weighted by atomic mass is 35.5. The van der Waals surface area contributed by atoms with Crippen molar-refractivity contribution in [3.8, 4) is 0 Å². The largest absolute Gasteiger partial charge is 0.481 e. The quantitative estimate of drug-likeness (QED) is 0.729. The third-order valence-corrected chi connectivity index (χ3v) is 4.01. The Morgan fingerprint density at radius 1 is 1.14 bits per heavy atom. The molecule has 0 spiro atoms. The number of ether oxygens (including phenoxy) is 1. The molecule has 2 unspecified atom stereocenters. The van der Waals surface area contributed by atoms with Crippen LogP contribution in [0.3, 0.4) is 0 Å². The van der Waals surface area contributed by atoms with Gasteiger partial charge < -0.3 is 20.5 Å². The highest BCUT2D eigenvalue weighted by molar-refractivity contribution is 6.44. The molecular weight excluding hydrogens is 343 g/mol. The molecule has 0 aromatic heterocycles. The van der Waals surface area contributed by atoms with Crippen molar-refractivity contribution in [2.75, 3.05) is 18.5 Å². The number of halogens is 3. The molecule has 1 saturated heterocycles. The molecule has 1 heterocycles. The van der Waals surface area contributed by atoms with Crippen molar-refractivity contribution in [2.45, 2.75) is 6.04 Å². The highest BCUT2D eigenvalue weighted by Crippen LogP contribution is 2.32. The zero-order valence-corrected chi connectivity index (χ0v) is 12.8. The number of aliphatic carboxylic acids is 1. The van der Waals surface area contributed by atoms with Gasteiger partial charge in [0, 0.05) is 0 Å². The molecule has 0 radical (unpaired) electrons. The molecule has 114 valence electrons. The summed E-state index contributed by atoms with van der Waals surface area (Å²) in [6.07, 6.45) is 0. The number of carboxylic acids is 1. The average molecular weight is 354 g/mol. The third kappa shape index (κ3) is 3.91. The Bertz CT molecular complexity index is 582. The Morgan fingerprint density at radius 2 is 1.81 bits per heavy atom. The molecule has 1 aromatic rings. The summed E-state index contributed by atoms with van der Waals surface area (Å²) < 4.78 is 5.05. The van der Waals surface area contributed by atoms with Gasteiger partial charge in [-0.1, -0.05) is 34.8 Å². The van der Waals surface area contributed by atoms with E-state index in [-0.39, 0.29) is 34.0 Å². The van der Waals surface area contributed by atoms with E-state index in [0.29, 0.717) is 0 Å². The summed E-state index contributed by atoms with van der Waals surface area (Å²) in [6, 6.07) is 1.60. The number of carboxylic acid groups (broad SMARTS) is 1. The highest BCUT2D eigenvalue weighted by Gasteiger charge is 2.35. The number of hydrogen-bond donors (Lipinski definition) is 3. The van der Waals surface area contributed by atoms with E-state index in [2.05, 4.69) is 10.6 Å². The van der Waals surface area contributed by atoms with E-state index in [1.165, 1.54) is 12.1 Å². The van der Waals surface area contributed by atoms with Gasteiger partial charge in [0.15, 0.2) is 0 Å². The maximum absolute atomic E-state index is 11.9. The smallest absolute Gasteiger partial charge is 0.319 e. The molecule has 0 bridgehead atoms. The van der Waals surface area contributed by atoms with E-state index in [1.807, 2.05) is 0 Å². The second kappa shape index (κ2) is 6.70. The number of anilines is 1. The lowest BCUT2D eigenvalue weighted by atomic mass is 10.0. The first-order valence-corrected chi connectivity index (χ1v) is 7.04. The van der Waals surface area contributed by atoms with Crippen molar-refractivity contribution in [2.24, 2.45) is 5.92 Å². The number of nitrogens with one attached hydrogen (secondary N) is 2. The molecule has 2 atom stereocenters. The van der Waals surface area contributed by atoms with Crippen LogP contribution in [0.15, 0.2) is 12.1 Å². The maximum atomic E-state index is 11.9. The van der Waals surface area contributed by atoms with Crippen molar-refractivity contribution in [3.05, 3.63) is 27.2 Å². The van der Waals surface area contributed by atoms with E-state index >= 15 is 0 Å². The van der Waals surface area contributed by atoms with Crippen LogP contribution in [0, 0.1) is 5.92 Å². The fraction of sp³-hybridized carbons (Fsp3) is 0.333. The van der Waals surface area contributed by atoms with Crippen LogP contribution in [-0.2, 0) is 9.53 Å². The van der Waals surface area contributed by atoms with Crippen molar-refractivity contribution >= 4 is 52.5 Å². The average Bonchev–Trinajstić information content (AvgIpc) is 2.84. The van der Waals surface area contributed by atoms with E-state index in [4.69, 9.17) is 44.6 Å². The van der Waals surface area contributed by atoms with Crippen molar-refractivity contribution < 1.29 is 19.4 Å². The standard InChI is InChI=1S/C12H11Cl3N2O4/c13-6-1-8(15)9(2-7(6)14)16-12(20)17-10-4-21-3-5(10)11(18)19/h1-2,5,10H,3-4H2,(H,18,19)(H2,16,17,20). The zero-order valence-electron chi connectivity index (χ0n) is 10.5. The molecule has 6 nitrogen and oxygen atoms in total. The van der Waals surface area contributed by atoms with Gasteiger partial charge >= 0.3 is 12.0 Å². The Morgan fingerprint density at radius 3 is 2.48 bits per heavy atom. The van der Waals surface area contributed by atoms with Crippen molar-refractivity contribution in [3.63, 3.8) is 0 Å². The van der Waals surface area contributed by atoms with Crippen LogP contribution in [0.5, 0.6) is 0 Å². The lowest BCUT2D eigenvalue weighted by Gasteiger charge is -2.16. The number of urea groups is 1. The SMILES string of the molecule is O=C(Nc1cc(Cl)c(Cl)cc1Cl)NC1COCC1C(=O)O. The van der Waals surface area contributed by atoms with E-state index in [0.717, 1.165) is 0 Å². The summed E-state index contributed by atoms with van der Waals surface area (Å²) >= 11 is 17.6. The minimum atomic E-state index is -1.02. The Hall–Kier alpha value is -1.21. The number of carbonyl (C=O) groups excluding carboxylic acids is 1. The van der Waals surface area contributed by atoms with Gasteiger partial charge in [0.2, 0.25) is 0 Å². The normalized spacial score (nSPS) is 21.1. The van der Waals surface area contributed by atoms with Crippen LogP contribution < -0.4 is 10.6 Å². The van der Waals surface area contributed by atoms with Crippen LogP contribution in [0.2, 0.25) is 15.1 Å². The van der Waals surface area contributed by atoms with Gasteiger partial charge in [-0.15, -0.1) is 0 Å². The zero-order chi connectivity index (χ0) is 15.6. The van der Waals surface area contributed by atoms with Gasteiger partial charge in [0.1, 0.15) is 5.92 Å². The fourth-order valence-corrected chi connectivity index (χ4v) is 2.48. The van der Waals surface area contributed by atoms with Gasteiger partial charge in [0.05, 0.1) is 40.0 Å². The van der Waals surface area contributed by atoms with Crippen LogP contribution in [0.25, 0.3) is 0 Å². The molecule has 3 N–H and O–H groups in total. The number of benzene rings is 1. The second-order valence-electron chi connectivity index (χ2n) is 4.43. The topological polar surface area (TPSA) is 87.7 Å². The third-order valence-electron chi connectivity index (χ3n) is 2.97. The lowest BCUT2D eigenvalue weighted by molar-refractivity contribution is -0.142. The minimum Gasteiger partial charge on any atom is -0.481 e. The number of amides is 2. The summed E-state index contributed by atoms with van der Waals surface area (Å²) in [5, 5.41) is 14.7. The molecule has 21 heavy (non-hydrogen) atoms. The summed E-state index contributed by atoms with van der Waals surface area (Å²) in [4.78, 5) is 22.9. The van der Waals surface area contributed by atoms with E-state index in [9.17, 15) is 9.59 Å². The first-order chi connectivity index (χ1) is 9.88. The van der Waals surface area contributed by atoms with Crippen LogP contribution >= 0.6 is 34.8 Å². The van der Waals surface area contributed by atoms with Crippen molar-refractivity contribution in [1.29, 1.82) is 0 Å². The molecule has 9 heteroatoms. The van der Waals surface area contributed by atoms with E-state index < -0.39 is 24.0 Å². The minimum absolute atomic E-state index is 0.0633. The number of hydrogen-bond acceptors (Lipinski definition) is 3. The molecule has 2 rings (SSSR count). The molecule has 0 saturated carbocycles. The van der Waals surface area contributed by atoms with Gasteiger partial charge in [-0.2, -0.15) is 0 Å². The summed E-state index contributed by atoms with van der Waals surface area (Å²) in [7, 11) is 0. The molecule has 1 aromatic carbocycles. The number of rotatable bonds is 3. The number of carbonyl (C=O) groups is 2. The van der Waals surface area contributed by atoms with Gasteiger partial charge in [-0.25, -0.2) is 4.79 Å². The maximum Gasteiger partial charge on any atom is 0.319 e. The second-order valence-corrected chi connectivity index (χ2v) is 5.65. The van der Waals surface area contributed by atoms with Crippen LogP contribution in [0.1, 0.15) is 0 Å². The molecule has 1 aliphatic rings. The predicted molar refractivity (Wildman–Crippen MR) is 79.4 cm³/mol. The summed E-state index contributed by atoms with van der Waals surface area (Å²) in [6.45, 7) is 0.202. The van der Waals surface area contributed by atoms with Gasteiger partial charge in [-0.05, 0) is 12.1 Å². The molecular formula is C12H11Cl3N2O4. The first kappa shape index (κ1) is 16.2. The fourth-order valence-electron chi connectivity index (χ4n) is 1.89. The predicted octanol–water partition coefficient (Wildman–Crippen LogP) is 2.87. The lowest BCUT2D eigenvalue weighted by Crippen LogP contribution is -2.44. The Labute approximate surface area is 135 Å². The first-order valence-electron chi connectivity index (χ1n) is 5.91. The summed E-state index contributed by atoms with van der Waals surface area (Å²) in [5.41, 5.74) is 0.273. The van der Waals surface area contributed by atoms with Gasteiger partial charge in [-0.3, -0.25) is 4.79 Å². The van der Waals surface area contributed by atoms with Crippen molar-refractivity contribution in [1.82, 2.24) is 5.32 Å². The Balaban J connectivity index is 2.02. The van der Waals surface area contributed by atoms with Crippen LogP contribution in [0.4, 0.5) is 10.5 Å². The monoisotopic (exact) mass is 352 g/mol.